The molecule has 0 unspecified atom stereocenters. The largest absolute Gasteiger partial charge is 0.477 e. The van der Waals surface area contributed by atoms with E-state index in [0.29, 0.717) is 12.3 Å². The van der Waals surface area contributed by atoms with Gasteiger partial charge in [0.2, 0.25) is 11.2 Å². The number of nitro benzene ring substituents is 1. The number of halogens is 5. The predicted octanol–water partition coefficient (Wildman–Crippen LogP) is 3.29. The van der Waals surface area contributed by atoms with Crippen molar-refractivity contribution in [3.05, 3.63) is 79.4 Å². The Balaban J connectivity index is 2.58. The molecule has 0 aliphatic carbocycles. The molecule has 0 saturated carbocycles. The van der Waals surface area contributed by atoms with Crippen LogP contribution in [0.5, 0.6) is 0 Å². The summed E-state index contributed by atoms with van der Waals surface area (Å²) in [6, 6.07) is 0.561. The number of pyridine rings is 1. The number of nitrogens with zero attached hydrogens (tertiary/aromatic N) is 2. The standard InChI is InChI=1S/C16H5F5N2O5/c17-7-2-8(18)11(23(27)28)3-10(7)22-4-6(16(25)26)15(24)5-1-9(19)12(20)13(21)14(5)22/h1-4H,(H,25,26). The second-order valence-corrected chi connectivity index (χ2v) is 5.44. The lowest BCUT2D eigenvalue weighted by Crippen LogP contribution is -2.20. The first-order valence-electron chi connectivity index (χ1n) is 7.14. The summed E-state index contributed by atoms with van der Waals surface area (Å²) in [7, 11) is 0. The summed E-state index contributed by atoms with van der Waals surface area (Å²) in [5.74, 6) is -10.8. The second kappa shape index (κ2) is 6.40. The Labute approximate surface area is 150 Å². The molecule has 0 bridgehead atoms. The van der Waals surface area contributed by atoms with E-state index in [1.165, 1.54) is 0 Å². The molecule has 0 aliphatic heterocycles. The first-order valence-corrected chi connectivity index (χ1v) is 7.14. The Hall–Kier alpha value is -3.83. The van der Waals surface area contributed by atoms with Crippen molar-refractivity contribution in [1.82, 2.24) is 4.57 Å². The normalized spacial score (nSPS) is 11.0. The van der Waals surface area contributed by atoms with E-state index in [0.717, 1.165) is 0 Å². The highest BCUT2D eigenvalue weighted by atomic mass is 19.2. The number of carboxylic acid groups (broad SMARTS) is 1. The molecule has 3 aromatic rings. The van der Waals surface area contributed by atoms with Crippen LogP contribution in [0.4, 0.5) is 27.6 Å². The van der Waals surface area contributed by atoms with Crippen LogP contribution in [-0.4, -0.2) is 20.6 Å². The number of fused-ring (bicyclic) bond motifs is 1. The number of aromatic nitrogens is 1. The van der Waals surface area contributed by atoms with Crippen molar-refractivity contribution in [2.24, 2.45) is 0 Å². The molecule has 0 amide bonds. The third-order valence-electron chi connectivity index (χ3n) is 3.83. The number of hydrogen-bond acceptors (Lipinski definition) is 4. The summed E-state index contributed by atoms with van der Waals surface area (Å²) in [5, 5.41) is 19.0. The highest BCUT2D eigenvalue weighted by Crippen LogP contribution is 2.29. The number of benzene rings is 2. The third-order valence-corrected chi connectivity index (χ3v) is 3.83. The molecule has 0 radical (unpaired) electrons. The number of carboxylic acids is 1. The van der Waals surface area contributed by atoms with Gasteiger partial charge in [-0.3, -0.25) is 14.9 Å². The summed E-state index contributed by atoms with van der Waals surface area (Å²) < 4.78 is 69.6. The Morgan fingerprint density at radius 2 is 1.64 bits per heavy atom. The number of nitro groups is 1. The van der Waals surface area contributed by atoms with Gasteiger partial charge in [0.1, 0.15) is 5.56 Å². The molecule has 28 heavy (non-hydrogen) atoms. The lowest BCUT2D eigenvalue weighted by atomic mass is 10.1. The van der Waals surface area contributed by atoms with Gasteiger partial charge in [-0.2, -0.15) is 4.39 Å². The minimum atomic E-state index is -2.05. The molecule has 1 aromatic heterocycles. The molecule has 12 heteroatoms. The second-order valence-electron chi connectivity index (χ2n) is 5.44. The van der Waals surface area contributed by atoms with Crippen molar-refractivity contribution in [3.8, 4) is 5.69 Å². The van der Waals surface area contributed by atoms with Gasteiger partial charge >= 0.3 is 11.7 Å². The van der Waals surface area contributed by atoms with E-state index in [-0.39, 0.29) is 16.7 Å². The molecule has 0 spiro atoms. The Morgan fingerprint density at radius 1 is 1.00 bits per heavy atom. The van der Waals surface area contributed by atoms with Gasteiger partial charge in [0, 0.05) is 18.3 Å². The monoisotopic (exact) mass is 400 g/mol. The van der Waals surface area contributed by atoms with Gasteiger partial charge in [-0.1, -0.05) is 0 Å². The van der Waals surface area contributed by atoms with Gasteiger partial charge in [-0.05, 0) is 6.07 Å². The van der Waals surface area contributed by atoms with Crippen LogP contribution >= 0.6 is 0 Å². The Kier molecular flexibility index (Phi) is 4.33. The molecule has 144 valence electrons. The molecule has 1 heterocycles. The molecule has 0 aliphatic rings. The molecule has 0 fully saturated rings. The maximum atomic E-state index is 14.3. The molecule has 2 aromatic carbocycles. The average Bonchev–Trinajstić information content (AvgIpc) is 2.60. The Bertz CT molecular complexity index is 1250. The van der Waals surface area contributed by atoms with Crippen LogP contribution in [0.2, 0.25) is 0 Å². The van der Waals surface area contributed by atoms with Gasteiger partial charge in [0.25, 0.3) is 0 Å². The zero-order valence-electron chi connectivity index (χ0n) is 13.2. The topological polar surface area (TPSA) is 102 Å². The van der Waals surface area contributed by atoms with E-state index >= 15 is 0 Å². The maximum Gasteiger partial charge on any atom is 0.341 e. The van der Waals surface area contributed by atoms with Crippen LogP contribution in [0.1, 0.15) is 10.4 Å². The summed E-state index contributed by atoms with van der Waals surface area (Å²) in [4.78, 5) is 33.1. The van der Waals surface area contributed by atoms with Crippen molar-refractivity contribution in [1.29, 1.82) is 0 Å². The fourth-order valence-electron chi connectivity index (χ4n) is 2.58. The molecule has 7 nitrogen and oxygen atoms in total. The zero-order valence-corrected chi connectivity index (χ0v) is 13.2. The summed E-state index contributed by atoms with van der Waals surface area (Å²) >= 11 is 0. The lowest BCUT2D eigenvalue weighted by Gasteiger charge is -2.14. The number of hydrogen-bond donors (Lipinski definition) is 1. The van der Waals surface area contributed by atoms with E-state index in [2.05, 4.69) is 0 Å². The first kappa shape index (κ1) is 18.9. The van der Waals surface area contributed by atoms with Crippen LogP contribution in [0.3, 0.4) is 0 Å². The van der Waals surface area contributed by atoms with Crippen molar-refractivity contribution in [2.45, 2.75) is 0 Å². The van der Waals surface area contributed by atoms with Gasteiger partial charge < -0.3 is 9.67 Å². The smallest absolute Gasteiger partial charge is 0.341 e. The van der Waals surface area contributed by atoms with Crippen LogP contribution in [0.25, 0.3) is 16.6 Å². The molecular formula is C16H5F5N2O5. The van der Waals surface area contributed by atoms with Gasteiger partial charge in [0.05, 0.1) is 21.5 Å². The van der Waals surface area contributed by atoms with Crippen LogP contribution in [0, 0.1) is 39.2 Å². The molecule has 3 rings (SSSR count). The van der Waals surface area contributed by atoms with E-state index < -0.39 is 73.2 Å². The molecule has 0 saturated heterocycles. The van der Waals surface area contributed by atoms with Crippen LogP contribution < -0.4 is 5.43 Å². The van der Waals surface area contributed by atoms with Crippen molar-refractivity contribution in [3.63, 3.8) is 0 Å². The number of carbonyl (C=O) groups is 1. The summed E-state index contributed by atoms with van der Waals surface area (Å²) in [6.07, 6.45) is 0.369. The van der Waals surface area contributed by atoms with Crippen LogP contribution in [0.15, 0.2) is 29.2 Å². The summed E-state index contributed by atoms with van der Waals surface area (Å²) in [5.41, 5.74) is -5.82. The summed E-state index contributed by atoms with van der Waals surface area (Å²) in [6.45, 7) is 0. The fourth-order valence-corrected chi connectivity index (χ4v) is 2.58. The quantitative estimate of drug-likeness (QED) is 0.315. The SMILES string of the molecule is O=C(O)c1cn(-c2cc([N+](=O)[O-])c(F)cc2F)c2c(F)c(F)c(F)cc2c1=O. The van der Waals surface area contributed by atoms with Crippen molar-refractivity contribution < 1.29 is 36.8 Å². The van der Waals surface area contributed by atoms with Gasteiger partial charge in [0.15, 0.2) is 23.3 Å². The Morgan fingerprint density at radius 3 is 2.21 bits per heavy atom. The predicted molar refractivity (Wildman–Crippen MR) is 82.9 cm³/mol. The van der Waals surface area contributed by atoms with E-state index in [1.54, 1.807) is 0 Å². The lowest BCUT2D eigenvalue weighted by molar-refractivity contribution is -0.387. The third kappa shape index (κ3) is 2.74. The van der Waals surface area contributed by atoms with Gasteiger partial charge in [-0.25, -0.2) is 22.4 Å². The highest BCUT2D eigenvalue weighted by Gasteiger charge is 2.26. The van der Waals surface area contributed by atoms with Crippen LogP contribution in [-0.2, 0) is 0 Å². The van der Waals surface area contributed by atoms with Crippen molar-refractivity contribution in [2.75, 3.05) is 0 Å². The zero-order chi connectivity index (χ0) is 20.9. The number of aromatic carboxylic acids is 1. The molecule has 1 N–H and O–H groups in total. The molecule has 0 atom stereocenters. The first-order chi connectivity index (χ1) is 13.0. The van der Waals surface area contributed by atoms with Crippen molar-refractivity contribution >= 4 is 22.6 Å². The number of rotatable bonds is 3. The van der Waals surface area contributed by atoms with E-state index in [4.69, 9.17) is 5.11 Å². The molecular weight excluding hydrogens is 395 g/mol. The minimum Gasteiger partial charge on any atom is -0.477 e. The fraction of sp³-hybridized carbons (Fsp3) is 0. The van der Waals surface area contributed by atoms with E-state index in [9.17, 15) is 41.7 Å². The average molecular weight is 400 g/mol. The maximum absolute atomic E-state index is 14.3. The minimum absolute atomic E-state index is 0.0651. The van der Waals surface area contributed by atoms with E-state index in [1.807, 2.05) is 0 Å². The highest BCUT2D eigenvalue weighted by molar-refractivity contribution is 5.93. The van der Waals surface area contributed by atoms with Gasteiger partial charge in [-0.15, -0.1) is 0 Å².